The van der Waals surface area contributed by atoms with Gasteiger partial charge >= 0.3 is 0 Å². The predicted octanol–water partition coefficient (Wildman–Crippen LogP) is 5.98. The highest BCUT2D eigenvalue weighted by Gasteiger charge is 2.32. The van der Waals surface area contributed by atoms with Gasteiger partial charge in [-0.3, -0.25) is 19.4 Å². The summed E-state index contributed by atoms with van der Waals surface area (Å²) in [7, 11) is 0. The van der Waals surface area contributed by atoms with Crippen molar-refractivity contribution in [1.29, 1.82) is 0 Å². The van der Waals surface area contributed by atoms with E-state index in [1.165, 1.54) is 6.08 Å². The molecule has 0 saturated heterocycles. The predicted molar refractivity (Wildman–Crippen MR) is 137 cm³/mol. The fourth-order valence-corrected chi connectivity index (χ4v) is 4.15. The Kier molecular flexibility index (Phi) is 6.10. The van der Waals surface area contributed by atoms with Crippen LogP contribution in [0.3, 0.4) is 0 Å². The number of fused-ring (bicyclic) bond motifs is 2. The van der Waals surface area contributed by atoms with E-state index in [1.54, 1.807) is 48.5 Å². The number of ketones is 3. The molecule has 5 rings (SSSR count). The van der Waals surface area contributed by atoms with Crippen LogP contribution in [0.5, 0.6) is 0 Å². The standard InChI is InChI=1S/C31H21NO3/c33-28(18-17-21-13-15-23(16-14-21)20-32-19-22-7-2-1-3-8-22)26-11-6-12-27-29(26)31(35)25-10-5-4-9-24(25)30(27)34/h1-18,20H,19H2/b18-17+,32-20?. The molecule has 0 aromatic heterocycles. The molecule has 1 aliphatic rings. The van der Waals surface area contributed by atoms with E-state index in [4.69, 9.17) is 0 Å². The van der Waals surface area contributed by atoms with E-state index < -0.39 is 0 Å². The molecule has 0 radical (unpaired) electrons. The molecule has 0 spiro atoms. The van der Waals surface area contributed by atoms with Gasteiger partial charge in [0.25, 0.3) is 0 Å². The summed E-state index contributed by atoms with van der Waals surface area (Å²) in [4.78, 5) is 43.5. The van der Waals surface area contributed by atoms with Crippen molar-refractivity contribution >= 4 is 29.6 Å². The molecule has 0 aliphatic heterocycles. The summed E-state index contributed by atoms with van der Waals surface area (Å²) in [6.07, 6.45) is 4.96. The number of carbonyl (C=O) groups is 3. The SMILES string of the molecule is O=C(/C=C/c1ccc(C=NCc2ccccc2)cc1)c1cccc2c1C(=O)c1ccccc1C2=O. The van der Waals surface area contributed by atoms with Gasteiger partial charge in [0.1, 0.15) is 0 Å². The van der Waals surface area contributed by atoms with Gasteiger partial charge in [-0.15, -0.1) is 0 Å². The number of hydrogen-bond acceptors (Lipinski definition) is 4. The lowest BCUT2D eigenvalue weighted by Crippen LogP contribution is -2.23. The lowest BCUT2D eigenvalue weighted by Gasteiger charge is -2.19. The molecule has 4 heteroatoms. The highest BCUT2D eigenvalue weighted by atomic mass is 16.1. The second-order valence-electron chi connectivity index (χ2n) is 8.25. The largest absolute Gasteiger partial charge is 0.289 e. The molecule has 0 bridgehead atoms. The number of benzene rings is 4. The van der Waals surface area contributed by atoms with Gasteiger partial charge in [0.05, 0.1) is 6.54 Å². The van der Waals surface area contributed by atoms with Crippen LogP contribution in [0, 0.1) is 0 Å². The molecule has 0 atom stereocenters. The summed E-state index contributed by atoms with van der Waals surface area (Å²) < 4.78 is 0. The molecule has 1 aliphatic carbocycles. The van der Waals surface area contributed by atoms with Crippen molar-refractivity contribution in [2.45, 2.75) is 6.54 Å². The number of carbonyl (C=O) groups excluding carboxylic acids is 3. The molecule has 0 fully saturated rings. The maximum atomic E-state index is 13.1. The van der Waals surface area contributed by atoms with Gasteiger partial charge in [-0.1, -0.05) is 103 Å². The van der Waals surface area contributed by atoms with Crippen molar-refractivity contribution in [2.24, 2.45) is 4.99 Å². The minimum Gasteiger partial charge on any atom is -0.289 e. The first kappa shape index (κ1) is 22.1. The third-order valence-electron chi connectivity index (χ3n) is 5.94. The maximum absolute atomic E-state index is 13.1. The Hall–Kier alpha value is -4.70. The van der Waals surface area contributed by atoms with Gasteiger partial charge in [0, 0.05) is 34.0 Å². The van der Waals surface area contributed by atoms with Crippen molar-refractivity contribution in [3.8, 4) is 0 Å². The molecule has 4 aromatic rings. The molecular formula is C31H21NO3. The summed E-state index contributed by atoms with van der Waals surface area (Å²) in [6.45, 7) is 0.615. The number of allylic oxidation sites excluding steroid dienone is 1. The molecule has 0 heterocycles. The summed E-state index contributed by atoms with van der Waals surface area (Å²) in [5.41, 5.74) is 4.34. The number of hydrogen-bond donors (Lipinski definition) is 0. The van der Waals surface area contributed by atoms with E-state index in [2.05, 4.69) is 4.99 Å². The summed E-state index contributed by atoms with van der Waals surface area (Å²) in [5.74, 6) is -0.860. The first-order valence-corrected chi connectivity index (χ1v) is 11.3. The Labute approximate surface area is 203 Å². The molecule has 0 saturated carbocycles. The molecular weight excluding hydrogens is 434 g/mol. The zero-order valence-corrected chi connectivity index (χ0v) is 18.8. The van der Waals surface area contributed by atoms with Crippen LogP contribution >= 0.6 is 0 Å². The minimum atomic E-state index is -0.323. The van der Waals surface area contributed by atoms with Crippen LogP contribution in [0.4, 0.5) is 0 Å². The summed E-state index contributed by atoms with van der Waals surface area (Å²) in [5, 5.41) is 0. The van der Waals surface area contributed by atoms with Crippen molar-refractivity contribution in [3.63, 3.8) is 0 Å². The normalized spacial score (nSPS) is 12.7. The zero-order valence-electron chi connectivity index (χ0n) is 18.8. The topological polar surface area (TPSA) is 63.6 Å². The first-order chi connectivity index (χ1) is 17.1. The Bertz CT molecular complexity index is 1500. The molecule has 168 valence electrons. The third kappa shape index (κ3) is 4.55. The van der Waals surface area contributed by atoms with Crippen molar-refractivity contribution in [3.05, 3.63) is 148 Å². The van der Waals surface area contributed by atoms with Gasteiger partial charge in [-0.2, -0.15) is 0 Å². The fraction of sp³-hybridized carbons (Fsp3) is 0.0323. The van der Waals surface area contributed by atoms with Crippen LogP contribution in [-0.4, -0.2) is 23.6 Å². The molecule has 0 N–H and O–H groups in total. The number of nitrogens with zero attached hydrogens (tertiary/aromatic N) is 1. The Morgan fingerprint density at radius 2 is 1.29 bits per heavy atom. The third-order valence-corrected chi connectivity index (χ3v) is 5.94. The van der Waals surface area contributed by atoms with E-state index >= 15 is 0 Å². The quantitative estimate of drug-likeness (QED) is 0.180. The van der Waals surface area contributed by atoms with Crippen molar-refractivity contribution in [1.82, 2.24) is 0 Å². The molecule has 4 nitrogen and oxygen atoms in total. The smallest absolute Gasteiger partial charge is 0.195 e. The molecule has 0 unspecified atom stereocenters. The van der Waals surface area contributed by atoms with Gasteiger partial charge < -0.3 is 0 Å². The Morgan fingerprint density at radius 3 is 2.03 bits per heavy atom. The average Bonchev–Trinajstić information content (AvgIpc) is 2.91. The summed E-state index contributed by atoms with van der Waals surface area (Å²) in [6, 6.07) is 29.3. The molecule has 35 heavy (non-hydrogen) atoms. The minimum absolute atomic E-state index is 0.177. The average molecular weight is 456 g/mol. The van der Waals surface area contributed by atoms with Crippen LogP contribution in [-0.2, 0) is 6.54 Å². The van der Waals surface area contributed by atoms with E-state index in [1.807, 2.05) is 60.8 Å². The maximum Gasteiger partial charge on any atom is 0.195 e. The van der Waals surface area contributed by atoms with Crippen LogP contribution in [0.2, 0.25) is 0 Å². The van der Waals surface area contributed by atoms with Crippen LogP contribution in [0.15, 0.2) is 108 Å². The van der Waals surface area contributed by atoms with E-state index in [0.29, 0.717) is 17.7 Å². The highest BCUT2D eigenvalue weighted by molar-refractivity contribution is 6.31. The highest BCUT2D eigenvalue weighted by Crippen LogP contribution is 2.30. The lowest BCUT2D eigenvalue weighted by molar-refractivity contribution is 0.0972. The second-order valence-corrected chi connectivity index (χ2v) is 8.25. The Morgan fingerprint density at radius 1 is 0.657 bits per heavy atom. The van der Waals surface area contributed by atoms with Gasteiger partial charge in [-0.25, -0.2) is 0 Å². The van der Waals surface area contributed by atoms with E-state index in [0.717, 1.165) is 16.7 Å². The number of aliphatic imine (C=N–C) groups is 1. The lowest BCUT2D eigenvalue weighted by atomic mass is 9.81. The molecule has 4 aromatic carbocycles. The van der Waals surface area contributed by atoms with E-state index in [-0.39, 0.29) is 34.0 Å². The number of rotatable bonds is 6. The first-order valence-electron chi connectivity index (χ1n) is 11.3. The van der Waals surface area contributed by atoms with Gasteiger partial charge in [-0.05, 0) is 22.8 Å². The van der Waals surface area contributed by atoms with Crippen LogP contribution in [0.1, 0.15) is 58.9 Å². The van der Waals surface area contributed by atoms with Gasteiger partial charge in [0.15, 0.2) is 17.3 Å². The Balaban J connectivity index is 1.33. The monoisotopic (exact) mass is 455 g/mol. The second kappa shape index (κ2) is 9.65. The summed E-state index contributed by atoms with van der Waals surface area (Å²) >= 11 is 0. The van der Waals surface area contributed by atoms with Crippen molar-refractivity contribution in [2.75, 3.05) is 0 Å². The fourth-order valence-electron chi connectivity index (χ4n) is 4.15. The van der Waals surface area contributed by atoms with Crippen LogP contribution in [0.25, 0.3) is 6.08 Å². The van der Waals surface area contributed by atoms with Crippen molar-refractivity contribution < 1.29 is 14.4 Å². The van der Waals surface area contributed by atoms with Gasteiger partial charge in [0.2, 0.25) is 0 Å². The van der Waals surface area contributed by atoms with Crippen LogP contribution < -0.4 is 0 Å². The van der Waals surface area contributed by atoms with E-state index in [9.17, 15) is 14.4 Å². The molecule has 0 amide bonds. The zero-order chi connectivity index (χ0) is 24.2.